The molecule has 1 aromatic rings. The number of hydrogen-bond acceptors (Lipinski definition) is 8. The molecule has 5 N–H and O–H groups in total. The van der Waals surface area contributed by atoms with Gasteiger partial charge in [-0.3, -0.25) is 14.5 Å². The monoisotopic (exact) mass is 412 g/mol. The van der Waals surface area contributed by atoms with Gasteiger partial charge in [-0.15, -0.1) is 23.1 Å². The van der Waals surface area contributed by atoms with Crippen molar-refractivity contribution in [3.63, 3.8) is 0 Å². The lowest BCUT2D eigenvalue weighted by molar-refractivity contribution is -0.147. The van der Waals surface area contributed by atoms with Crippen molar-refractivity contribution in [2.75, 3.05) is 5.75 Å². The predicted molar refractivity (Wildman–Crippen MR) is 100 cm³/mol. The topological polar surface area (TPSA) is 140 Å². The highest BCUT2D eigenvalue weighted by molar-refractivity contribution is 8.03. The van der Waals surface area contributed by atoms with Crippen molar-refractivity contribution in [2.24, 2.45) is 11.5 Å². The zero-order valence-corrected chi connectivity index (χ0v) is 15.9. The van der Waals surface area contributed by atoms with Gasteiger partial charge in [-0.05, 0) is 23.5 Å². The highest BCUT2D eigenvalue weighted by atomic mass is 32.2. The van der Waals surface area contributed by atoms with E-state index in [0.29, 0.717) is 17.7 Å². The van der Waals surface area contributed by atoms with Gasteiger partial charge in [0.1, 0.15) is 17.1 Å². The van der Waals surface area contributed by atoms with Crippen LogP contribution in [0, 0.1) is 0 Å². The maximum Gasteiger partial charge on any atom is 0.352 e. The maximum atomic E-state index is 11.9. The number of β-lactam (4-membered cyclic amide) rings is 1. The van der Waals surface area contributed by atoms with Gasteiger partial charge in [0.05, 0.1) is 5.69 Å². The third-order valence-corrected chi connectivity index (χ3v) is 6.99. The van der Waals surface area contributed by atoms with E-state index in [0.717, 1.165) is 10.0 Å². The molecule has 0 spiro atoms. The molecule has 1 fully saturated rings. The van der Waals surface area contributed by atoms with E-state index >= 15 is 0 Å². The number of aromatic nitrogens is 1. The number of carboxylic acid groups (broad SMARTS) is 1. The number of allylic oxidation sites excluding steroid dienone is 1. The van der Waals surface area contributed by atoms with E-state index < -0.39 is 12.0 Å². The molecule has 2 aliphatic rings. The number of rotatable bonds is 7. The molecule has 1 saturated heterocycles. The standard InChI is InChI=1S/C15H16N4O4S3/c16-9(20)2-1-8-6-26-15(18-8)24-4-3-7-5-25-13-10(17)12(21)19(13)11(7)14(22)23/h3-4,6,10,13H,1-2,5,17H2,(H2,16,20)(H,22,23)/t10-,13-/m1/s1. The van der Waals surface area contributed by atoms with Crippen molar-refractivity contribution < 1.29 is 19.5 Å². The average molecular weight is 413 g/mol. The summed E-state index contributed by atoms with van der Waals surface area (Å²) in [6, 6.07) is -0.636. The molecule has 2 aliphatic heterocycles. The Bertz CT molecular complexity index is 820. The third kappa shape index (κ3) is 3.80. The molecule has 1 aromatic heterocycles. The molecular formula is C15H16N4O4S3. The molecule has 0 unspecified atom stereocenters. The van der Waals surface area contributed by atoms with Crippen molar-refractivity contribution >= 4 is 52.6 Å². The number of aliphatic carboxylic acids is 1. The van der Waals surface area contributed by atoms with Gasteiger partial charge >= 0.3 is 5.97 Å². The molecule has 3 rings (SSSR count). The number of nitrogens with zero attached hydrogens (tertiary/aromatic N) is 2. The fourth-order valence-electron chi connectivity index (χ4n) is 2.55. The largest absolute Gasteiger partial charge is 0.477 e. The molecular weight excluding hydrogens is 396 g/mol. The van der Waals surface area contributed by atoms with Crippen molar-refractivity contribution in [3.05, 3.63) is 33.8 Å². The molecule has 11 heteroatoms. The number of primary amides is 1. The fraction of sp³-hybridized carbons (Fsp3) is 0.333. The third-order valence-electron chi connectivity index (χ3n) is 3.84. The minimum absolute atomic E-state index is 0.00131. The molecule has 26 heavy (non-hydrogen) atoms. The predicted octanol–water partition coefficient (Wildman–Crippen LogP) is 0.748. The van der Waals surface area contributed by atoms with Crippen LogP contribution in [0.15, 0.2) is 32.5 Å². The van der Waals surface area contributed by atoms with E-state index in [1.54, 1.807) is 11.5 Å². The van der Waals surface area contributed by atoms with E-state index in [9.17, 15) is 19.5 Å². The Morgan fingerprint density at radius 3 is 2.96 bits per heavy atom. The number of thioether (sulfide) groups is 2. The van der Waals surface area contributed by atoms with Crippen LogP contribution in [0.3, 0.4) is 0 Å². The molecule has 0 bridgehead atoms. The first-order valence-electron chi connectivity index (χ1n) is 7.61. The molecule has 0 aliphatic carbocycles. The molecule has 3 heterocycles. The van der Waals surface area contributed by atoms with Crippen molar-refractivity contribution in [1.29, 1.82) is 0 Å². The Morgan fingerprint density at radius 2 is 2.27 bits per heavy atom. The summed E-state index contributed by atoms with van der Waals surface area (Å²) >= 11 is 4.24. The number of carbonyl (C=O) groups is 3. The van der Waals surface area contributed by atoms with Crippen LogP contribution in [0.1, 0.15) is 12.1 Å². The summed E-state index contributed by atoms with van der Waals surface area (Å²) in [6.45, 7) is 0. The van der Waals surface area contributed by atoms with Gasteiger partial charge in [0, 0.05) is 17.6 Å². The lowest BCUT2D eigenvalue weighted by atomic mass is 10.0. The van der Waals surface area contributed by atoms with Crippen LogP contribution in [-0.2, 0) is 20.8 Å². The smallest absolute Gasteiger partial charge is 0.352 e. The zero-order valence-electron chi connectivity index (χ0n) is 13.5. The van der Waals surface area contributed by atoms with Crippen LogP contribution >= 0.6 is 34.9 Å². The van der Waals surface area contributed by atoms with Gasteiger partial charge in [-0.25, -0.2) is 9.78 Å². The zero-order chi connectivity index (χ0) is 18.8. The van der Waals surface area contributed by atoms with E-state index in [4.69, 9.17) is 11.5 Å². The van der Waals surface area contributed by atoms with Gasteiger partial charge in [-0.1, -0.05) is 11.8 Å². The highest BCUT2D eigenvalue weighted by Gasteiger charge is 2.51. The van der Waals surface area contributed by atoms with Crippen molar-refractivity contribution in [3.8, 4) is 0 Å². The van der Waals surface area contributed by atoms with Gasteiger partial charge in [0.2, 0.25) is 11.8 Å². The lowest BCUT2D eigenvalue weighted by Gasteiger charge is -2.47. The van der Waals surface area contributed by atoms with Crippen LogP contribution in [0.2, 0.25) is 0 Å². The van der Waals surface area contributed by atoms with Crippen LogP contribution in [0.4, 0.5) is 0 Å². The molecule has 0 saturated carbocycles. The number of hydrogen-bond donors (Lipinski definition) is 3. The molecule has 8 nitrogen and oxygen atoms in total. The van der Waals surface area contributed by atoms with Gasteiger partial charge in [0.25, 0.3) is 0 Å². The number of carbonyl (C=O) groups excluding carboxylic acids is 2. The number of aryl methyl sites for hydroxylation is 1. The summed E-state index contributed by atoms with van der Waals surface area (Å²) in [5.74, 6) is -1.39. The summed E-state index contributed by atoms with van der Waals surface area (Å²) in [7, 11) is 0. The van der Waals surface area contributed by atoms with Gasteiger partial charge < -0.3 is 16.6 Å². The summed E-state index contributed by atoms with van der Waals surface area (Å²) in [6.07, 6.45) is 2.45. The molecule has 2 amide bonds. The number of amides is 2. The number of carboxylic acids is 1. The second-order valence-electron chi connectivity index (χ2n) is 5.61. The number of nitrogens with two attached hydrogens (primary N) is 2. The Kier molecular flexibility index (Phi) is 5.70. The fourth-order valence-corrected chi connectivity index (χ4v) is 5.45. The van der Waals surface area contributed by atoms with Gasteiger partial charge in [-0.2, -0.15) is 0 Å². The molecule has 0 aromatic carbocycles. The van der Waals surface area contributed by atoms with Crippen molar-refractivity contribution in [2.45, 2.75) is 28.6 Å². The van der Waals surface area contributed by atoms with Crippen molar-refractivity contribution in [1.82, 2.24) is 9.88 Å². The Hall–Kier alpha value is -1.82. The van der Waals surface area contributed by atoms with E-state index in [2.05, 4.69) is 4.98 Å². The second-order valence-corrected chi connectivity index (χ2v) is 8.72. The first kappa shape index (κ1) is 19.0. The quantitative estimate of drug-likeness (QED) is 0.440. The Balaban J connectivity index is 1.68. The lowest BCUT2D eigenvalue weighted by Crippen LogP contribution is -2.68. The maximum absolute atomic E-state index is 11.9. The number of thiazole rings is 1. The van der Waals surface area contributed by atoms with E-state index in [-0.39, 0.29) is 29.3 Å². The average Bonchev–Trinajstić information content (AvgIpc) is 3.06. The summed E-state index contributed by atoms with van der Waals surface area (Å²) in [4.78, 5) is 39.9. The minimum atomic E-state index is -1.14. The normalized spacial score (nSPS) is 22.5. The van der Waals surface area contributed by atoms with E-state index in [1.807, 2.05) is 5.38 Å². The molecule has 138 valence electrons. The highest BCUT2D eigenvalue weighted by Crippen LogP contribution is 2.40. The Morgan fingerprint density at radius 1 is 1.50 bits per heavy atom. The first-order chi connectivity index (χ1) is 12.4. The van der Waals surface area contributed by atoms with Gasteiger partial charge in [0.15, 0.2) is 4.34 Å². The SMILES string of the molecule is NC(=O)CCc1csc(SC=CC2=C(C(=O)O)N3C(=O)[C@@H](N)[C@H]3SC2)n1. The number of fused-ring (bicyclic) bond motifs is 1. The summed E-state index contributed by atoms with van der Waals surface area (Å²) in [5, 5.41) is 12.8. The first-order valence-corrected chi connectivity index (χ1v) is 10.4. The Labute approximate surface area is 161 Å². The van der Waals surface area contributed by atoms with Crippen LogP contribution in [0.25, 0.3) is 0 Å². The van der Waals surface area contributed by atoms with Crippen LogP contribution in [0.5, 0.6) is 0 Å². The summed E-state index contributed by atoms with van der Waals surface area (Å²) in [5.41, 5.74) is 12.2. The van der Waals surface area contributed by atoms with Crippen LogP contribution in [-0.4, -0.2) is 49.9 Å². The second kappa shape index (κ2) is 7.82. The molecule has 2 atom stereocenters. The summed E-state index contributed by atoms with van der Waals surface area (Å²) < 4.78 is 0.779. The van der Waals surface area contributed by atoms with E-state index in [1.165, 1.54) is 39.8 Å². The van der Waals surface area contributed by atoms with Crippen LogP contribution < -0.4 is 11.5 Å². The molecule has 0 radical (unpaired) electrons. The minimum Gasteiger partial charge on any atom is -0.477 e.